The van der Waals surface area contributed by atoms with Gasteiger partial charge in [0.15, 0.2) is 9.84 Å². The zero-order valence-electron chi connectivity index (χ0n) is 23.7. The van der Waals surface area contributed by atoms with Crippen LogP contribution in [0.1, 0.15) is 31.2 Å². The standard InChI is InChI=1S/C27H31N2O13PS/c1-37-43(34,42-22-11-9-20(10-12-22)18-39-27(33)41-29-24(30)13-14-25(29)31)40-19-21-6-5-15-28(21)26(32)38-16-17-44(35,36)23-7-3-2-4-8-23/h2-4,7-12,21H,5-6,13-19H2,1H3. The molecule has 0 N–H and O–H groups in total. The van der Waals surface area contributed by atoms with Gasteiger partial charge in [-0.1, -0.05) is 35.4 Å². The number of amides is 3. The number of ether oxygens (including phenoxy) is 2. The van der Waals surface area contributed by atoms with E-state index in [4.69, 9.17) is 23.0 Å². The number of hydrogen-bond acceptors (Lipinski definition) is 13. The maximum Gasteiger partial charge on any atom is 0.534 e. The number of sulfone groups is 1. The summed E-state index contributed by atoms with van der Waals surface area (Å²) in [5, 5.41) is 0.370. The Balaban J connectivity index is 1.22. The van der Waals surface area contributed by atoms with Gasteiger partial charge in [-0.3, -0.25) is 23.5 Å². The van der Waals surface area contributed by atoms with Crippen LogP contribution in [0.5, 0.6) is 5.75 Å². The molecule has 0 bridgehead atoms. The summed E-state index contributed by atoms with van der Waals surface area (Å²) >= 11 is 0. The SMILES string of the molecule is COP(=O)(OCC1CCCN1C(=O)OCCS(=O)(=O)c1ccccc1)Oc1ccc(COC(=O)ON2C(=O)CCC2=O)cc1. The Morgan fingerprint density at radius 1 is 0.977 bits per heavy atom. The third kappa shape index (κ3) is 8.78. The van der Waals surface area contributed by atoms with Crippen molar-refractivity contribution in [2.45, 2.75) is 43.2 Å². The number of benzene rings is 2. The first-order chi connectivity index (χ1) is 21.0. The van der Waals surface area contributed by atoms with Crippen LogP contribution in [-0.2, 0) is 54.0 Å². The highest BCUT2D eigenvalue weighted by Gasteiger charge is 2.35. The number of carbonyl (C=O) groups excluding carboxylic acids is 4. The van der Waals surface area contributed by atoms with Crippen LogP contribution < -0.4 is 4.52 Å². The number of carbonyl (C=O) groups is 4. The normalized spacial score (nSPS) is 18.2. The predicted molar refractivity (Wildman–Crippen MR) is 150 cm³/mol. The monoisotopic (exact) mass is 654 g/mol. The molecule has 2 aliphatic heterocycles. The van der Waals surface area contributed by atoms with Crippen molar-refractivity contribution in [1.29, 1.82) is 0 Å². The Kier molecular flexibility index (Phi) is 11.0. The van der Waals surface area contributed by atoms with Gasteiger partial charge in [-0.05, 0) is 42.7 Å². The topological polar surface area (TPSA) is 181 Å². The number of phosphoric acid groups is 1. The first-order valence-corrected chi connectivity index (χ1v) is 16.6. The third-order valence-electron chi connectivity index (χ3n) is 6.61. The van der Waals surface area contributed by atoms with Crippen molar-refractivity contribution in [1.82, 2.24) is 9.96 Å². The summed E-state index contributed by atoms with van der Waals surface area (Å²) in [5.41, 5.74) is 0.484. The molecule has 238 valence electrons. The fourth-order valence-corrected chi connectivity index (χ4v) is 6.36. The van der Waals surface area contributed by atoms with Gasteiger partial charge in [0, 0.05) is 26.5 Å². The van der Waals surface area contributed by atoms with Gasteiger partial charge in [-0.2, -0.15) is 0 Å². The zero-order valence-corrected chi connectivity index (χ0v) is 25.4. The molecule has 0 saturated carbocycles. The number of imide groups is 1. The van der Waals surface area contributed by atoms with Gasteiger partial charge in [-0.15, -0.1) is 0 Å². The van der Waals surface area contributed by atoms with E-state index in [9.17, 15) is 32.2 Å². The van der Waals surface area contributed by atoms with Crippen LogP contribution >= 0.6 is 7.82 Å². The van der Waals surface area contributed by atoms with E-state index in [-0.39, 0.29) is 49.1 Å². The quantitative estimate of drug-likeness (QED) is 0.174. The summed E-state index contributed by atoms with van der Waals surface area (Å²) in [5.74, 6) is -1.53. The lowest BCUT2D eigenvalue weighted by Gasteiger charge is -2.25. The largest absolute Gasteiger partial charge is 0.534 e. The lowest BCUT2D eigenvalue weighted by Crippen LogP contribution is -2.39. The number of phosphoric ester groups is 1. The van der Waals surface area contributed by atoms with Crippen molar-refractivity contribution < 1.29 is 60.0 Å². The molecule has 2 aromatic carbocycles. The van der Waals surface area contributed by atoms with E-state index in [2.05, 4.69) is 4.84 Å². The summed E-state index contributed by atoms with van der Waals surface area (Å²) in [6, 6.07) is 13.2. The van der Waals surface area contributed by atoms with E-state index in [0.717, 1.165) is 7.11 Å². The van der Waals surface area contributed by atoms with Gasteiger partial charge in [0.1, 0.15) is 19.0 Å². The molecule has 3 amide bonds. The fourth-order valence-electron chi connectivity index (χ4n) is 4.29. The highest BCUT2D eigenvalue weighted by molar-refractivity contribution is 7.91. The first-order valence-electron chi connectivity index (χ1n) is 13.5. The molecule has 0 spiro atoms. The lowest BCUT2D eigenvalue weighted by atomic mass is 10.2. The number of nitrogens with zero attached hydrogens (tertiary/aromatic N) is 2. The van der Waals surface area contributed by atoms with Crippen LogP contribution in [0.3, 0.4) is 0 Å². The Labute approximate surface area is 253 Å². The van der Waals surface area contributed by atoms with E-state index >= 15 is 0 Å². The minimum Gasteiger partial charge on any atom is -0.448 e. The van der Waals surface area contributed by atoms with Crippen LogP contribution in [0.15, 0.2) is 59.5 Å². The molecular weight excluding hydrogens is 623 g/mol. The molecule has 0 radical (unpaired) electrons. The van der Waals surface area contributed by atoms with Gasteiger partial charge in [0.05, 0.1) is 23.3 Å². The van der Waals surface area contributed by atoms with E-state index in [1.807, 2.05) is 0 Å². The number of hydroxylamine groups is 2. The molecule has 2 unspecified atom stereocenters. The van der Waals surface area contributed by atoms with Gasteiger partial charge in [-0.25, -0.2) is 22.6 Å². The Bertz CT molecular complexity index is 1490. The average Bonchev–Trinajstić information content (AvgIpc) is 3.62. The molecule has 2 heterocycles. The van der Waals surface area contributed by atoms with Crippen LogP contribution in [0.4, 0.5) is 9.59 Å². The van der Waals surface area contributed by atoms with E-state index in [1.165, 1.54) is 41.3 Å². The lowest BCUT2D eigenvalue weighted by molar-refractivity contribution is -0.177. The highest BCUT2D eigenvalue weighted by atomic mass is 32.2. The van der Waals surface area contributed by atoms with Gasteiger partial charge in [0.2, 0.25) is 0 Å². The van der Waals surface area contributed by atoms with Crippen molar-refractivity contribution in [3.63, 3.8) is 0 Å². The van der Waals surface area contributed by atoms with Crippen LogP contribution in [0.25, 0.3) is 0 Å². The van der Waals surface area contributed by atoms with E-state index in [0.29, 0.717) is 30.0 Å². The van der Waals surface area contributed by atoms with E-state index in [1.54, 1.807) is 18.2 Å². The molecule has 0 aliphatic carbocycles. The van der Waals surface area contributed by atoms with Crippen molar-refractivity contribution in [2.24, 2.45) is 0 Å². The molecule has 2 fully saturated rings. The fraction of sp³-hybridized carbons (Fsp3) is 0.407. The minimum absolute atomic E-state index is 0.0437. The molecule has 2 saturated heterocycles. The van der Waals surface area contributed by atoms with Crippen LogP contribution in [-0.4, -0.2) is 81.1 Å². The molecule has 17 heteroatoms. The smallest absolute Gasteiger partial charge is 0.448 e. The van der Waals surface area contributed by atoms with Crippen LogP contribution in [0, 0.1) is 0 Å². The molecule has 15 nitrogen and oxygen atoms in total. The molecule has 4 rings (SSSR count). The van der Waals surface area contributed by atoms with E-state index < -0.39 is 47.8 Å². The predicted octanol–water partition coefficient (Wildman–Crippen LogP) is 3.63. The van der Waals surface area contributed by atoms with Crippen molar-refractivity contribution in [2.75, 3.05) is 32.6 Å². The average molecular weight is 655 g/mol. The van der Waals surface area contributed by atoms with Crippen molar-refractivity contribution in [3.05, 3.63) is 60.2 Å². The second kappa shape index (κ2) is 14.7. The molecule has 2 aromatic rings. The Hall–Kier alpha value is -3.98. The third-order valence-corrected chi connectivity index (χ3v) is 9.65. The maximum atomic E-state index is 13.1. The van der Waals surface area contributed by atoms with Crippen LogP contribution in [0.2, 0.25) is 0 Å². The highest BCUT2D eigenvalue weighted by Crippen LogP contribution is 2.49. The molecule has 2 atom stereocenters. The number of hydrogen-bond donors (Lipinski definition) is 0. The van der Waals surface area contributed by atoms with Crippen molar-refractivity contribution in [3.8, 4) is 5.75 Å². The van der Waals surface area contributed by atoms with Gasteiger partial charge < -0.3 is 18.9 Å². The maximum absolute atomic E-state index is 13.1. The summed E-state index contributed by atoms with van der Waals surface area (Å²) in [7, 11) is -6.60. The second-order valence-corrected chi connectivity index (χ2v) is 13.4. The zero-order chi connectivity index (χ0) is 31.7. The van der Waals surface area contributed by atoms with Crippen molar-refractivity contribution >= 4 is 41.7 Å². The summed E-state index contributed by atoms with van der Waals surface area (Å²) in [6.07, 6.45) is -0.875. The molecular formula is C27H31N2O13PS. The van der Waals surface area contributed by atoms with Gasteiger partial charge in [0.25, 0.3) is 11.8 Å². The molecule has 44 heavy (non-hydrogen) atoms. The second-order valence-electron chi connectivity index (χ2n) is 9.61. The molecule has 2 aliphatic rings. The minimum atomic E-state index is -4.12. The number of rotatable bonds is 13. The Morgan fingerprint density at radius 2 is 1.66 bits per heavy atom. The molecule has 0 aromatic heterocycles. The number of likely N-dealkylation sites (tertiary alicyclic amines) is 1. The summed E-state index contributed by atoms with van der Waals surface area (Å²) in [4.78, 5) is 53.6. The summed E-state index contributed by atoms with van der Waals surface area (Å²) < 4.78 is 64.0. The van der Waals surface area contributed by atoms with Gasteiger partial charge >= 0.3 is 20.1 Å². The Morgan fingerprint density at radius 3 is 2.32 bits per heavy atom. The first kappa shape index (κ1) is 32.9. The summed E-state index contributed by atoms with van der Waals surface area (Å²) in [6.45, 7) is -0.434.